The minimum absolute atomic E-state index is 0.362. The number of likely N-dealkylation sites (tertiary alicyclic amines) is 1. The molecule has 6 heteroatoms. The van der Waals surface area contributed by atoms with Gasteiger partial charge in [0.15, 0.2) is 0 Å². The van der Waals surface area contributed by atoms with E-state index in [0.29, 0.717) is 21.5 Å². The van der Waals surface area contributed by atoms with E-state index in [1.54, 1.807) is 6.07 Å². The van der Waals surface area contributed by atoms with Gasteiger partial charge in [-0.15, -0.1) is 11.3 Å². The minimum atomic E-state index is -0.362. The summed E-state index contributed by atoms with van der Waals surface area (Å²) in [5.41, 5.74) is 0. The predicted molar refractivity (Wildman–Crippen MR) is 92.4 cm³/mol. The molecule has 2 aromatic rings. The Hall–Kier alpha value is -0.810. The van der Waals surface area contributed by atoms with Gasteiger partial charge in [-0.1, -0.05) is 35.7 Å². The molecule has 0 spiro atoms. The third kappa shape index (κ3) is 3.40. The number of nitrogens with zero attached hydrogens (tertiary/aromatic N) is 1. The second kappa shape index (κ2) is 7.18. The topological polar surface area (TPSA) is 29.5 Å². The van der Waals surface area contributed by atoms with Crippen LogP contribution in [0.25, 0.3) is 10.1 Å². The van der Waals surface area contributed by atoms with Gasteiger partial charge in [-0.25, -0.2) is 4.79 Å². The van der Waals surface area contributed by atoms with Crippen molar-refractivity contribution >= 4 is 50.6 Å². The molecule has 1 aliphatic rings. The largest absolute Gasteiger partial charge is 0.460 e. The normalized spacial score (nSPS) is 16.1. The number of thiophene rings is 1. The number of rotatable bonds is 4. The van der Waals surface area contributed by atoms with Gasteiger partial charge in [0.05, 0.1) is 10.0 Å². The maximum absolute atomic E-state index is 12.2. The van der Waals surface area contributed by atoms with Crippen LogP contribution in [0.1, 0.15) is 28.9 Å². The second-order valence-corrected chi connectivity index (χ2v) is 7.23. The Bertz CT molecular complexity index is 680. The zero-order valence-corrected chi connectivity index (χ0v) is 14.4. The van der Waals surface area contributed by atoms with E-state index in [4.69, 9.17) is 27.9 Å². The Kier molecular flexibility index (Phi) is 5.24. The van der Waals surface area contributed by atoms with Crippen LogP contribution in [0.5, 0.6) is 0 Å². The molecule has 0 N–H and O–H groups in total. The zero-order valence-electron chi connectivity index (χ0n) is 12.1. The van der Waals surface area contributed by atoms with Gasteiger partial charge in [0, 0.05) is 16.6 Å². The molecular weight excluding hydrogens is 341 g/mol. The fourth-order valence-corrected chi connectivity index (χ4v) is 4.56. The molecule has 0 amide bonds. The van der Waals surface area contributed by atoms with Crippen LogP contribution in [0.4, 0.5) is 0 Å². The molecular formula is C16H17Cl2NO2S. The molecule has 1 fully saturated rings. The van der Waals surface area contributed by atoms with Crippen molar-refractivity contribution in [3.05, 3.63) is 33.1 Å². The van der Waals surface area contributed by atoms with Crippen LogP contribution >= 0.6 is 34.5 Å². The van der Waals surface area contributed by atoms with Crippen LogP contribution in [0, 0.1) is 0 Å². The van der Waals surface area contributed by atoms with Crippen molar-refractivity contribution in [1.29, 1.82) is 0 Å². The van der Waals surface area contributed by atoms with Crippen molar-refractivity contribution in [2.24, 2.45) is 0 Å². The molecule has 2 heterocycles. The molecule has 0 unspecified atom stereocenters. The second-order valence-electron chi connectivity index (χ2n) is 5.40. The third-order valence-corrected chi connectivity index (χ3v) is 5.82. The van der Waals surface area contributed by atoms with E-state index in [-0.39, 0.29) is 5.97 Å². The number of carbonyl (C=O) groups excluding carboxylic acids is 1. The van der Waals surface area contributed by atoms with E-state index < -0.39 is 0 Å². The highest BCUT2D eigenvalue weighted by Gasteiger charge is 2.20. The van der Waals surface area contributed by atoms with E-state index in [2.05, 4.69) is 4.90 Å². The fourth-order valence-electron chi connectivity index (χ4n) is 2.72. The summed E-state index contributed by atoms with van der Waals surface area (Å²) in [6.45, 7) is 3.37. The summed E-state index contributed by atoms with van der Waals surface area (Å²) in [6, 6.07) is 5.53. The highest BCUT2D eigenvalue weighted by atomic mass is 35.5. The number of piperidine rings is 1. The first-order valence-corrected chi connectivity index (χ1v) is 9.00. The summed E-state index contributed by atoms with van der Waals surface area (Å²) < 4.78 is 6.29. The summed E-state index contributed by atoms with van der Waals surface area (Å²) in [5.74, 6) is -0.362. The van der Waals surface area contributed by atoms with Gasteiger partial charge < -0.3 is 4.74 Å². The predicted octanol–water partition coefficient (Wildman–Crippen LogP) is 4.85. The standard InChI is InChI=1S/C16H17Cl2NO2S/c17-11-5-4-6-12-13(11)14(18)15(22-12)16(20)21-10-9-19-7-2-1-3-8-19/h4-6H,1-3,7-10H2. The highest BCUT2D eigenvalue weighted by molar-refractivity contribution is 7.21. The average molecular weight is 358 g/mol. The van der Waals surface area contributed by atoms with Crippen molar-refractivity contribution in [3.63, 3.8) is 0 Å². The van der Waals surface area contributed by atoms with E-state index in [1.165, 1.54) is 30.6 Å². The fraction of sp³-hybridized carbons (Fsp3) is 0.438. The molecule has 0 aliphatic carbocycles. The SMILES string of the molecule is O=C(OCCN1CCCCC1)c1sc2cccc(Cl)c2c1Cl. The number of carbonyl (C=O) groups is 1. The molecule has 0 radical (unpaired) electrons. The van der Waals surface area contributed by atoms with E-state index >= 15 is 0 Å². The Morgan fingerprint density at radius 3 is 2.73 bits per heavy atom. The molecule has 1 aliphatic heterocycles. The first kappa shape index (κ1) is 16.1. The lowest BCUT2D eigenvalue weighted by molar-refractivity contribution is 0.0458. The maximum Gasteiger partial charge on any atom is 0.349 e. The van der Waals surface area contributed by atoms with Crippen LogP contribution in [0.2, 0.25) is 10.0 Å². The molecule has 1 saturated heterocycles. The zero-order chi connectivity index (χ0) is 15.5. The number of benzene rings is 1. The number of esters is 1. The van der Waals surface area contributed by atoms with Crippen molar-refractivity contribution in [2.45, 2.75) is 19.3 Å². The Morgan fingerprint density at radius 1 is 1.23 bits per heavy atom. The van der Waals surface area contributed by atoms with E-state index in [1.807, 2.05) is 12.1 Å². The number of hydrogen-bond donors (Lipinski definition) is 0. The monoisotopic (exact) mass is 357 g/mol. The van der Waals surface area contributed by atoms with Crippen molar-refractivity contribution in [3.8, 4) is 0 Å². The van der Waals surface area contributed by atoms with Gasteiger partial charge >= 0.3 is 5.97 Å². The summed E-state index contributed by atoms with van der Waals surface area (Å²) in [6.07, 6.45) is 3.76. The van der Waals surface area contributed by atoms with Crippen LogP contribution in [0.15, 0.2) is 18.2 Å². The van der Waals surface area contributed by atoms with Gasteiger partial charge in [-0.2, -0.15) is 0 Å². The molecule has 118 valence electrons. The summed E-state index contributed by atoms with van der Waals surface area (Å²) in [5, 5.41) is 1.69. The van der Waals surface area contributed by atoms with Gasteiger partial charge in [0.25, 0.3) is 0 Å². The smallest absolute Gasteiger partial charge is 0.349 e. The maximum atomic E-state index is 12.2. The van der Waals surface area contributed by atoms with Crippen LogP contribution in [-0.2, 0) is 4.74 Å². The third-order valence-electron chi connectivity index (χ3n) is 3.88. The Labute approximate surface area is 143 Å². The number of ether oxygens (including phenoxy) is 1. The molecule has 0 atom stereocenters. The van der Waals surface area contributed by atoms with Gasteiger partial charge in [-0.3, -0.25) is 4.90 Å². The van der Waals surface area contributed by atoms with E-state index in [9.17, 15) is 4.79 Å². The summed E-state index contributed by atoms with van der Waals surface area (Å²) in [7, 11) is 0. The van der Waals surface area contributed by atoms with Crippen molar-refractivity contribution in [1.82, 2.24) is 4.90 Å². The lowest BCUT2D eigenvalue weighted by Crippen LogP contribution is -2.33. The molecule has 0 saturated carbocycles. The quantitative estimate of drug-likeness (QED) is 0.732. The molecule has 3 nitrogen and oxygen atoms in total. The number of fused-ring (bicyclic) bond motifs is 1. The molecule has 1 aromatic carbocycles. The van der Waals surface area contributed by atoms with Crippen molar-refractivity contribution in [2.75, 3.05) is 26.2 Å². The Morgan fingerprint density at radius 2 is 2.00 bits per heavy atom. The van der Waals surface area contributed by atoms with Gasteiger partial charge in [-0.05, 0) is 38.1 Å². The minimum Gasteiger partial charge on any atom is -0.460 e. The van der Waals surface area contributed by atoms with Crippen molar-refractivity contribution < 1.29 is 9.53 Å². The first-order valence-electron chi connectivity index (χ1n) is 7.43. The lowest BCUT2D eigenvalue weighted by Gasteiger charge is -2.25. The number of hydrogen-bond acceptors (Lipinski definition) is 4. The molecule has 1 aromatic heterocycles. The Balaban J connectivity index is 1.65. The lowest BCUT2D eigenvalue weighted by atomic mass is 10.1. The van der Waals surface area contributed by atoms with Crippen LogP contribution in [0.3, 0.4) is 0 Å². The molecule has 22 heavy (non-hydrogen) atoms. The van der Waals surface area contributed by atoms with Gasteiger partial charge in [0.2, 0.25) is 0 Å². The van der Waals surface area contributed by atoms with Crippen LogP contribution in [-0.4, -0.2) is 37.1 Å². The molecule has 0 bridgehead atoms. The molecule has 3 rings (SSSR count). The van der Waals surface area contributed by atoms with Crippen LogP contribution < -0.4 is 0 Å². The summed E-state index contributed by atoms with van der Waals surface area (Å²) in [4.78, 5) is 15.0. The first-order chi connectivity index (χ1) is 10.7. The van der Waals surface area contributed by atoms with E-state index in [0.717, 1.165) is 29.7 Å². The highest BCUT2D eigenvalue weighted by Crippen LogP contribution is 2.39. The number of halogens is 2. The average Bonchev–Trinajstić information content (AvgIpc) is 2.87. The van der Waals surface area contributed by atoms with Gasteiger partial charge in [0.1, 0.15) is 11.5 Å². The summed E-state index contributed by atoms with van der Waals surface area (Å²) >= 11 is 13.8.